The van der Waals surface area contributed by atoms with Gasteiger partial charge in [0.15, 0.2) is 0 Å². The summed E-state index contributed by atoms with van der Waals surface area (Å²) in [5, 5.41) is 16.1. The Balaban J connectivity index is 1.78. The molecule has 0 aromatic carbocycles. The number of carbonyl (C=O) groups is 1. The minimum absolute atomic E-state index is 0.0137. The van der Waals surface area contributed by atoms with Crippen LogP contribution >= 0.6 is 0 Å². The Morgan fingerprint density at radius 3 is 2.76 bits per heavy atom. The fourth-order valence-corrected chi connectivity index (χ4v) is 2.81. The lowest BCUT2D eigenvalue weighted by atomic mass is 9.84. The van der Waals surface area contributed by atoms with Crippen molar-refractivity contribution in [1.82, 2.24) is 10.6 Å². The number of carbonyl (C=O) groups excluding carboxylic acids is 1. The molecule has 98 valence electrons. The third-order valence-electron chi connectivity index (χ3n) is 4.13. The van der Waals surface area contributed by atoms with Crippen molar-refractivity contribution < 1.29 is 9.90 Å². The lowest BCUT2D eigenvalue weighted by molar-refractivity contribution is -0.125. The van der Waals surface area contributed by atoms with Gasteiger partial charge in [-0.1, -0.05) is 13.3 Å². The van der Waals surface area contributed by atoms with Crippen molar-refractivity contribution in [2.45, 2.75) is 63.6 Å². The summed E-state index contributed by atoms with van der Waals surface area (Å²) in [6.07, 6.45) is 5.70. The number of hydrogen-bond donors (Lipinski definition) is 3. The minimum atomic E-state index is -0.256. The van der Waals surface area contributed by atoms with Crippen LogP contribution in [0.5, 0.6) is 0 Å². The van der Waals surface area contributed by atoms with Crippen LogP contribution in [0.2, 0.25) is 0 Å². The molecule has 2 unspecified atom stereocenters. The van der Waals surface area contributed by atoms with Crippen LogP contribution in [-0.2, 0) is 4.79 Å². The van der Waals surface area contributed by atoms with Gasteiger partial charge in [0.05, 0.1) is 12.1 Å². The zero-order valence-corrected chi connectivity index (χ0v) is 10.6. The third-order valence-corrected chi connectivity index (χ3v) is 4.13. The van der Waals surface area contributed by atoms with Crippen molar-refractivity contribution in [1.29, 1.82) is 0 Å². The molecule has 4 nitrogen and oxygen atoms in total. The fraction of sp³-hybridized carbons (Fsp3) is 0.923. The van der Waals surface area contributed by atoms with Gasteiger partial charge in [-0.15, -0.1) is 0 Å². The molecular formula is C13H24N2O2. The van der Waals surface area contributed by atoms with Crippen LogP contribution in [0, 0.1) is 5.92 Å². The Morgan fingerprint density at radius 2 is 2.12 bits per heavy atom. The predicted octanol–water partition coefficient (Wildman–Crippen LogP) is 0.794. The summed E-state index contributed by atoms with van der Waals surface area (Å²) < 4.78 is 0. The first-order chi connectivity index (χ1) is 8.16. The van der Waals surface area contributed by atoms with Crippen LogP contribution in [0.3, 0.4) is 0 Å². The fourth-order valence-electron chi connectivity index (χ4n) is 2.81. The van der Waals surface area contributed by atoms with E-state index in [2.05, 4.69) is 17.6 Å². The minimum Gasteiger partial charge on any atom is -0.393 e. The van der Waals surface area contributed by atoms with Crippen LogP contribution in [0.1, 0.15) is 45.4 Å². The van der Waals surface area contributed by atoms with E-state index in [4.69, 9.17) is 0 Å². The topological polar surface area (TPSA) is 61.4 Å². The molecule has 2 rings (SSSR count). The summed E-state index contributed by atoms with van der Waals surface area (Å²) in [7, 11) is 0. The maximum atomic E-state index is 12.0. The Bertz CT molecular complexity index is 264. The van der Waals surface area contributed by atoms with Gasteiger partial charge in [0.2, 0.25) is 5.91 Å². The number of aliphatic hydroxyl groups excluding tert-OH is 1. The van der Waals surface area contributed by atoms with Crippen molar-refractivity contribution in [3.8, 4) is 0 Å². The summed E-state index contributed by atoms with van der Waals surface area (Å²) in [6, 6.07) is 0.151. The summed E-state index contributed by atoms with van der Waals surface area (Å²) in [4.78, 5) is 12.0. The van der Waals surface area contributed by atoms with Crippen molar-refractivity contribution in [3.63, 3.8) is 0 Å². The van der Waals surface area contributed by atoms with Crippen LogP contribution in [-0.4, -0.2) is 35.7 Å². The van der Waals surface area contributed by atoms with E-state index in [9.17, 15) is 9.90 Å². The van der Waals surface area contributed by atoms with E-state index in [0.29, 0.717) is 12.3 Å². The van der Waals surface area contributed by atoms with Crippen molar-refractivity contribution in [2.75, 3.05) is 6.54 Å². The van der Waals surface area contributed by atoms with Gasteiger partial charge in [-0.2, -0.15) is 0 Å². The maximum absolute atomic E-state index is 12.0. The molecule has 2 aliphatic rings. The standard InChI is InChI=1S/C13H24N2O2/c1-9-5-6-10(8-12(9)16)15-13(17)11-4-2-3-7-14-11/h9-12,14,16H,2-8H2,1H3,(H,15,17)/t9?,10-,11?,12-/m0/s1. The van der Waals surface area contributed by atoms with Crippen LogP contribution in [0.25, 0.3) is 0 Å². The van der Waals surface area contributed by atoms with Crippen LogP contribution < -0.4 is 10.6 Å². The number of amides is 1. The SMILES string of the molecule is CC1CC[C@H](NC(=O)C2CCCCN2)C[C@@H]1O. The molecule has 1 saturated carbocycles. The van der Waals surface area contributed by atoms with Gasteiger partial charge in [0, 0.05) is 6.04 Å². The molecule has 0 aromatic heterocycles. The highest BCUT2D eigenvalue weighted by Crippen LogP contribution is 2.24. The Morgan fingerprint density at radius 1 is 1.29 bits per heavy atom. The molecule has 4 heteroatoms. The molecule has 1 aliphatic carbocycles. The van der Waals surface area contributed by atoms with Gasteiger partial charge in [-0.05, 0) is 44.6 Å². The van der Waals surface area contributed by atoms with E-state index in [1.807, 2.05) is 0 Å². The van der Waals surface area contributed by atoms with Crippen LogP contribution in [0.15, 0.2) is 0 Å². The summed E-state index contributed by atoms with van der Waals surface area (Å²) in [5.74, 6) is 0.493. The number of nitrogens with one attached hydrogen (secondary N) is 2. The van der Waals surface area contributed by atoms with Crippen molar-refractivity contribution >= 4 is 5.91 Å². The van der Waals surface area contributed by atoms with E-state index in [1.54, 1.807) is 0 Å². The highest BCUT2D eigenvalue weighted by Gasteiger charge is 2.29. The third kappa shape index (κ3) is 3.42. The van der Waals surface area contributed by atoms with Crippen molar-refractivity contribution in [3.05, 3.63) is 0 Å². The second-order valence-electron chi connectivity index (χ2n) is 5.57. The molecule has 1 heterocycles. The summed E-state index contributed by atoms with van der Waals surface area (Å²) in [5.41, 5.74) is 0. The zero-order valence-electron chi connectivity index (χ0n) is 10.6. The first kappa shape index (κ1) is 12.8. The molecule has 1 saturated heterocycles. The van der Waals surface area contributed by atoms with E-state index >= 15 is 0 Å². The maximum Gasteiger partial charge on any atom is 0.237 e. The molecule has 17 heavy (non-hydrogen) atoms. The monoisotopic (exact) mass is 240 g/mol. The normalized spacial score (nSPS) is 38.7. The molecule has 1 aliphatic heterocycles. The van der Waals surface area contributed by atoms with Gasteiger partial charge < -0.3 is 15.7 Å². The lowest BCUT2D eigenvalue weighted by Gasteiger charge is -2.33. The lowest BCUT2D eigenvalue weighted by Crippen LogP contribution is -2.51. The predicted molar refractivity (Wildman–Crippen MR) is 66.6 cm³/mol. The number of rotatable bonds is 2. The molecule has 0 bridgehead atoms. The Kier molecular flexibility index (Phi) is 4.40. The molecule has 1 amide bonds. The molecule has 4 atom stereocenters. The highest BCUT2D eigenvalue weighted by atomic mass is 16.3. The average Bonchev–Trinajstić information content (AvgIpc) is 2.35. The van der Waals surface area contributed by atoms with Crippen molar-refractivity contribution in [2.24, 2.45) is 5.92 Å². The van der Waals surface area contributed by atoms with E-state index in [1.165, 1.54) is 6.42 Å². The zero-order chi connectivity index (χ0) is 12.3. The first-order valence-electron chi connectivity index (χ1n) is 6.88. The van der Waals surface area contributed by atoms with Gasteiger partial charge in [0.1, 0.15) is 0 Å². The number of aliphatic hydroxyl groups is 1. The highest BCUT2D eigenvalue weighted by molar-refractivity contribution is 5.82. The second-order valence-corrected chi connectivity index (χ2v) is 5.57. The Labute approximate surface area is 103 Å². The van der Waals surface area contributed by atoms with Gasteiger partial charge in [-0.25, -0.2) is 0 Å². The molecule has 2 fully saturated rings. The molecule has 0 radical (unpaired) electrons. The van der Waals surface area contributed by atoms with Crippen LogP contribution in [0.4, 0.5) is 0 Å². The number of piperidine rings is 1. The van der Waals surface area contributed by atoms with E-state index < -0.39 is 0 Å². The summed E-state index contributed by atoms with van der Waals surface area (Å²) >= 11 is 0. The summed E-state index contributed by atoms with van der Waals surface area (Å²) in [6.45, 7) is 3.02. The smallest absolute Gasteiger partial charge is 0.237 e. The van der Waals surface area contributed by atoms with Gasteiger partial charge in [-0.3, -0.25) is 4.79 Å². The Hall–Kier alpha value is -0.610. The molecule has 0 spiro atoms. The number of hydrogen-bond acceptors (Lipinski definition) is 3. The molecule has 0 aromatic rings. The van der Waals surface area contributed by atoms with E-state index in [-0.39, 0.29) is 24.1 Å². The largest absolute Gasteiger partial charge is 0.393 e. The quantitative estimate of drug-likeness (QED) is 0.669. The second kappa shape index (κ2) is 5.83. The first-order valence-corrected chi connectivity index (χ1v) is 6.88. The van der Waals surface area contributed by atoms with E-state index in [0.717, 1.165) is 32.2 Å². The van der Waals surface area contributed by atoms with Gasteiger partial charge in [0.25, 0.3) is 0 Å². The molecular weight excluding hydrogens is 216 g/mol. The average molecular weight is 240 g/mol. The van der Waals surface area contributed by atoms with Gasteiger partial charge >= 0.3 is 0 Å². The molecule has 3 N–H and O–H groups in total.